The van der Waals surface area contributed by atoms with Crippen LogP contribution in [0.1, 0.15) is 0 Å². The lowest BCUT2D eigenvalue weighted by atomic mass is 9.95. The van der Waals surface area contributed by atoms with Crippen molar-refractivity contribution in [3.8, 4) is 45.3 Å². The zero-order valence-corrected chi connectivity index (χ0v) is 17.6. The van der Waals surface area contributed by atoms with E-state index in [1.165, 1.54) is 18.9 Å². The summed E-state index contributed by atoms with van der Waals surface area (Å²) in [5.74, 6) is 1.92. The van der Waals surface area contributed by atoms with Gasteiger partial charge < -0.3 is 24.6 Å². The molecule has 0 saturated heterocycles. The standard InChI is InChI=1S/C23H21NO5S/c1-27-15-8-4-13(5-9-15)18-20-23(30-12-17(25)24-20)19(21(26)22(18)29-3)14-6-10-16(28-2)11-7-14/h4-11,26H,12H2,1-3H3,(H,24,25). The van der Waals surface area contributed by atoms with Crippen molar-refractivity contribution in [1.29, 1.82) is 0 Å². The highest BCUT2D eigenvalue weighted by Crippen LogP contribution is 2.55. The molecule has 0 bridgehead atoms. The van der Waals surface area contributed by atoms with E-state index in [-0.39, 0.29) is 17.4 Å². The number of phenols is 1. The molecule has 2 N–H and O–H groups in total. The Morgan fingerprint density at radius 1 is 0.833 bits per heavy atom. The molecular formula is C23H21NO5S. The summed E-state index contributed by atoms with van der Waals surface area (Å²) in [6.45, 7) is 0. The van der Waals surface area contributed by atoms with Crippen LogP contribution in [0, 0.1) is 0 Å². The van der Waals surface area contributed by atoms with Crippen molar-refractivity contribution in [2.75, 3.05) is 32.4 Å². The lowest BCUT2D eigenvalue weighted by molar-refractivity contribution is -0.113. The Labute approximate surface area is 178 Å². The van der Waals surface area contributed by atoms with Crippen LogP contribution in [0.15, 0.2) is 53.4 Å². The van der Waals surface area contributed by atoms with Crippen LogP contribution in [0.3, 0.4) is 0 Å². The number of methoxy groups -OCH3 is 3. The van der Waals surface area contributed by atoms with Gasteiger partial charge in [-0.1, -0.05) is 24.3 Å². The maximum Gasteiger partial charge on any atom is 0.234 e. The first kappa shape index (κ1) is 20.0. The van der Waals surface area contributed by atoms with Gasteiger partial charge in [0.1, 0.15) is 11.5 Å². The topological polar surface area (TPSA) is 77.0 Å². The van der Waals surface area contributed by atoms with Crippen LogP contribution in [0.4, 0.5) is 5.69 Å². The van der Waals surface area contributed by atoms with Crippen LogP contribution in [0.25, 0.3) is 22.3 Å². The molecular weight excluding hydrogens is 402 g/mol. The second-order valence-corrected chi connectivity index (χ2v) is 7.62. The Kier molecular flexibility index (Phi) is 5.46. The monoisotopic (exact) mass is 423 g/mol. The van der Waals surface area contributed by atoms with Gasteiger partial charge in [0.25, 0.3) is 0 Å². The van der Waals surface area contributed by atoms with Gasteiger partial charge in [-0.05, 0) is 35.4 Å². The van der Waals surface area contributed by atoms with Crippen molar-refractivity contribution in [2.45, 2.75) is 4.90 Å². The maximum atomic E-state index is 12.3. The third-order valence-electron chi connectivity index (χ3n) is 4.96. The summed E-state index contributed by atoms with van der Waals surface area (Å²) in [7, 11) is 4.71. The molecule has 6 nitrogen and oxygen atoms in total. The Morgan fingerprint density at radius 2 is 1.37 bits per heavy atom. The molecule has 4 rings (SSSR count). The van der Waals surface area contributed by atoms with Gasteiger partial charge in [-0.15, -0.1) is 11.8 Å². The minimum absolute atomic E-state index is 0.0240. The molecule has 0 atom stereocenters. The fourth-order valence-corrected chi connectivity index (χ4v) is 4.53. The number of nitrogens with one attached hydrogen (secondary N) is 1. The lowest BCUT2D eigenvalue weighted by Gasteiger charge is -2.26. The molecule has 1 heterocycles. The van der Waals surface area contributed by atoms with Crippen LogP contribution < -0.4 is 19.5 Å². The van der Waals surface area contributed by atoms with Gasteiger partial charge in [0.05, 0.1) is 38.3 Å². The molecule has 1 aliphatic heterocycles. The molecule has 30 heavy (non-hydrogen) atoms. The lowest BCUT2D eigenvalue weighted by Crippen LogP contribution is -2.20. The first-order valence-electron chi connectivity index (χ1n) is 9.25. The summed E-state index contributed by atoms with van der Waals surface area (Å²) in [5.41, 5.74) is 3.47. The van der Waals surface area contributed by atoms with Gasteiger partial charge >= 0.3 is 0 Å². The smallest absolute Gasteiger partial charge is 0.234 e. The molecule has 0 radical (unpaired) electrons. The molecule has 7 heteroatoms. The molecule has 0 aliphatic carbocycles. The number of hydrogen-bond acceptors (Lipinski definition) is 6. The number of amides is 1. The van der Waals surface area contributed by atoms with E-state index in [2.05, 4.69) is 5.32 Å². The van der Waals surface area contributed by atoms with E-state index in [0.717, 1.165) is 21.8 Å². The molecule has 154 valence electrons. The van der Waals surface area contributed by atoms with Gasteiger partial charge in [-0.25, -0.2) is 0 Å². The summed E-state index contributed by atoms with van der Waals surface area (Å²) in [6.07, 6.45) is 0. The van der Waals surface area contributed by atoms with Crippen molar-refractivity contribution in [3.05, 3.63) is 48.5 Å². The second-order valence-electron chi connectivity index (χ2n) is 6.63. The molecule has 0 aromatic heterocycles. The quantitative estimate of drug-likeness (QED) is 0.574. The fourth-order valence-electron chi connectivity index (χ4n) is 3.53. The molecule has 0 spiro atoms. The molecule has 0 saturated carbocycles. The van der Waals surface area contributed by atoms with Crippen LogP contribution in [0.5, 0.6) is 23.0 Å². The molecule has 3 aromatic rings. The minimum Gasteiger partial charge on any atom is -0.504 e. The van der Waals surface area contributed by atoms with Gasteiger partial charge in [0.2, 0.25) is 5.91 Å². The van der Waals surface area contributed by atoms with E-state index in [9.17, 15) is 9.90 Å². The van der Waals surface area contributed by atoms with Crippen molar-refractivity contribution in [1.82, 2.24) is 0 Å². The van der Waals surface area contributed by atoms with E-state index in [0.29, 0.717) is 28.3 Å². The predicted molar refractivity (Wildman–Crippen MR) is 118 cm³/mol. The van der Waals surface area contributed by atoms with Crippen LogP contribution >= 0.6 is 11.8 Å². The van der Waals surface area contributed by atoms with Gasteiger partial charge in [0.15, 0.2) is 11.5 Å². The van der Waals surface area contributed by atoms with Gasteiger partial charge in [-0.2, -0.15) is 0 Å². The summed E-state index contributed by atoms with van der Waals surface area (Å²) in [6, 6.07) is 14.8. The Balaban J connectivity index is 1.99. The maximum absolute atomic E-state index is 12.3. The largest absolute Gasteiger partial charge is 0.504 e. The normalized spacial score (nSPS) is 12.7. The summed E-state index contributed by atoms with van der Waals surface area (Å²) < 4.78 is 16.1. The number of phenolic OH excluding ortho intramolecular Hbond substituents is 1. The van der Waals surface area contributed by atoms with E-state index in [4.69, 9.17) is 14.2 Å². The Bertz CT molecular complexity index is 1090. The van der Waals surface area contributed by atoms with Crippen LogP contribution in [-0.2, 0) is 4.79 Å². The first-order valence-corrected chi connectivity index (χ1v) is 10.2. The number of anilines is 1. The van der Waals surface area contributed by atoms with Crippen molar-refractivity contribution >= 4 is 23.4 Å². The number of hydrogen-bond donors (Lipinski definition) is 2. The van der Waals surface area contributed by atoms with Crippen molar-refractivity contribution in [3.63, 3.8) is 0 Å². The Morgan fingerprint density at radius 3 is 1.87 bits per heavy atom. The van der Waals surface area contributed by atoms with Crippen LogP contribution in [-0.4, -0.2) is 38.1 Å². The second kappa shape index (κ2) is 8.20. The molecule has 3 aromatic carbocycles. The highest BCUT2D eigenvalue weighted by Gasteiger charge is 2.30. The zero-order valence-electron chi connectivity index (χ0n) is 16.8. The number of rotatable bonds is 5. The number of benzene rings is 3. The van der Waals surface area contributed by atoms with Gasteiger partial charge in [0, 0.05) is 10.5 Å². The first-order chi connectivity index (χ1) is 14.6. The number of ether oxygens (including phenoxy) is 3. The van der Waals surface area contributed by atoms with E-state index in [1.54, 1.807) is 14.2 Å². The van der Waals surface area contributed by atoms with Gasteiger partial charge in [-0.3, -0.25) is 4.79 Å². The average Bonchev–Trinajstić information content (AvgIpc) is 2.78. The summed E-state index contributed by atoms with van der Waals surface area (Å²) in [4.78, 5) is 13.0. The number of carbonyl (C=O) groups is 1. The van der Waals surface area contributed by atoms with E-state index in [1.807, 2.05) is 48.5 Å². The molecule has 0 unspecified atom stereocenters. The predicted octanol–water partition coefficient (Wildman–Crippen LogP) is 4.80. The van der Waals surface area contributed by atoms with E-state index < -0.39 is 0 Å². The molecule has 0 fully saturated rings. The highest BCUT2D eigenvalue weighted by atomic mass is 32.2. The number of thioether (sulfide) groups is 1. The van der Waals surface area contributed by atoms with Crippen molar-refractivity contribution < 1.29 is 24.1 Å². The summed E-state index contributed by atoms with van der Waals surface area (Å²) >= 11 is 1.39. The van der Waals surface area contributed by atoms with Crippen molar-refractivity contribution in [2.24, 2.45) is 0 Å². The zero-order chi connectivity index (χ0) is 21.3. The SMILES string of the molecule is COc1ccc(-c2c3c(c(-c4ccc(OC)cc4)c(O)c2OC)SCC(=O)N3)cc1. The number of aromatic hydroxyl groups is 1. The summed E-state index contributed by atoms with van der Waals surface area (Å²) in [5, 5.41) is 14.2. The number of carbonyl (C=O) groups excluding carboxylic acids is 1. The van der Waals surface area contributed by atoms with Crippen LogP contribution in [0.2, 0.25) is 0 Å². The minimum atomic E-state index is -0.101. The fraction of sp³-hybridized carbons (Fsp3) is 0.174. The molecule has 1 amide bonds. The highest BCUT2D eigenvalue weighted by molar-refractivity contribution is 8.00. The Hall–Kier alpha value is -3.32. The average molecular weight is 423 g/mol. The molecule has 1 aliphatic rings. The third-order valence-corrected chi connectivity index (χ3v) is 6.06. The number of fused-ring (bicyclic) bond motifs is 1. The third kappa shape index (κ3) is 3.41. The van der Waals surface area contributed by atoms with E-state index >= 15 is 0 Å².